The topological polar surface area (TPSA) is 58.9 Å². The molecular weight excluding hydrogens is 350 g/mol. The number of hydrogen-bond acceptors (Lipinski definition) is 5. The minimum atomic E-state index is 0.584. The molecule has 0 amide bonds. The molecule has 0 unspecified atom stereocenters. The lowest BCUT2D eigenvalue weighted by molar-refractivity contribution is 0.670. The summed E-state index contributed by atoms with van der Waals surface area (Å²) in [6, 6.07) is 0. The van der Waals surface area contributed by atoms with Crippen LogP contribution in [-0.2, 0) is 19.3 Å². The number of thiophene rings is 1. The van der Waals surface area contributed by atoms with Crippen LogP contribution in [0.25, 0.3) is 26.1 Å². The van der Waals surface area contributed by atoms with Gasteiger partial charge >= 0.3 is 0 Å². The van der Waals surface area contributed by atoms with Crippen molar-refractivity contribution in [1.82, 2.24) is 24.6 Å². The molecule has 0 saturated carbocycles. The van der Waals surface area contributed by atoms with E-state index in [0.717, 1.165) is 40.0 Å². The molecule has 1 aliphatic carbocycles. The molecule has 1 aliphatic rings. The highest BCUT2D eigenvalue weighted by molar-refractivity contribution is 7.71. The van der Waals surface area contributed by atoms with E-state index in [1.54, 1.807) is 17.7 Å². The molecule has 0 saturated heterocycles. The minimum absolute atomic E-state index is 0.584. The van der Waals surface area contributed by atoms with Crippen LogP contribution in [-0.4, -0.2) is 24.6 Å². The molecule has 25 heavy (non-hydrogen) atoms. The molecule has 4 aromatic rings. The van der Waals surface area contributed by atoms with Crippen LogP contribution in [0.1, 0.15) is 49.4 Å². The Kier molecular flexibility index (Phi) is 3.60. The van der Waals surface area contributed by atoms with E-state index in [0.29, 0.717) is 4.77 Å². The van der Waals surface area contributed by atoms with Gasteiger partial charge in [0.05, 0.1) is 5.52 Å². The van der Waals surface area contributed by atoms with E-state index in [4.69, 9.17) is 22.2 Å². The molecule has 4 aromatic heterocycles. The number of H-pyrrole nitrogens is 1. The fraction of sp³-hybridized carbons (Fsp3) is 0.444. The highest BCUT2D eigenvalue weighted by atomic mass is 32.1. The third-order valence-corrected chi connectivity index (χ3v) is 6.55. The average molecular weight is 370 g/mol. The largest absolute Gasteiger partial charge is 0.257 e. The van der Waals surface area contributed by atoms with Crippen molar-refractivity contribution >= 4 is 49.6 Å². The zero-order valence-corrected chi connectivity index (χ0v) is 15.8. The smallest absolute Gasteiger partial charge is 0.200 e. The van der Waals surface area contributed by atoms with Crippen molar-refractivity contribution in [3.8, 4) is 0 Å². The van der Waals surface area contributed by atoms with Crippen molar-refractivity contribution in [3.63, 3.8) is 0 Å². The molecule has 128 valence electrons. The molecule has 5 nitrogen and oxygen atoms in total. The number of pyridine rings is 1. The Hall–Kier alpha value is -1.86. The Bertz CT molecular complexity index is 1170. The van der Waals surface area contributed by atoms with Crippen LogP contribution in [0, 0.1) is 4.77 Å². The Morgan fingerprint density at radius 3 is 2.96 bits per heavy atom. The van der Waals surface area contributed by atoms with Crippen molar-refractivity contribution in [2.75, 3.05) is 0 Å². The van der Waals surface area contributed by atoms with E-state index >= 15 is 0 Å². The Labute approximate surface area is 154 Å². The minimum Gasteiger partial charge on any atom is -0.257 e. The molecule has 0 fully saturated rings. The average Bonchev–Trinajstić information content (AvgIpc) is 3.20. The summed E-state index contributed by atoms with van der Waals surface area (Å²) >= 11 is 6.99. The van der Waals surface area contributed by atoms with Gasteiger partial charge < -0.3 is 0 Å². The second-order valence-corrected chi connectivity index (χ2v) is 8.14. The second-order valence-electron chi connectivity index (χ2n) is 6.75. The standard InChI is InChI=1S/C18H19N5S2/c1-2-3-8-12-10-6-4-5-7-11(10)13-14-15(25-17(13)20-12)16-21-22-18(24)23(16)9-19-14/h9H,2-8H2,1H3,(H,22,24). The van der Waals surface area contributed by atoms with E-state index in [2.05, 4.69) is 17.1 Å². The molecule has 0 radical (unpaired) electrons. The van der Waals surface area contributed by atoms with Crippen molar-refractivity contribution in [1.29, 1.82) is 0 Å². The normalized spacial score (nSPS) is 14.6. The highest BCUT2D eigenvalue weighted by Gasteiger charge is 2.23. The molecule has 5 rings (SSSR count). The quantitative estimate of drug-likeness (QED) is 0.528. The molecule has 0 atom stereocenters. The number of unbranched alkanes of at least 4 members (excludes halogenated alkanes) is 1. The van der Waals surface area contributed by atoms with Crippen LogP contribution in [0.2, 0.25) is 0 Å². The van der Waals surface area contributed by atoms with E-state index in [1.807, 2.05) is 4.40 Å². The molecule has 4 heterocycles. The van der Waals surface area contributed by atoms with Crippen LogP contribution in [0.5, 0.6) is 0 Å². The van der Waals surface area contributed by atoms with Gasteiger partial charge in [-0.05, 0) is 61.9 Å². The first kappa shape index (κ1) is 15.4. The molecule has 1 N–H and O–H groups in total. The van der Waals surface area contributed by atoms with Gasteiger partial charge in [0.1, 0.15) is 15.9 Å². The summed E-state index contributed by atoms with van der Waals surface area (Å²) < 4.78 is 3.51. The van der Waals surface area contributed by atoms with Gasteiger partial charge in [-0.2, -0.15) is 5.10 Å². The van der Waals surface area contributed by atoms with Crippen molar-refractivity contribution in [2.45, 2.75) is 51.9 Å². The monoisotopic (exact) mass is 369 g/mol. The lowest BCUT2D eigenvalue weighted by Gasteiger charge is -2.20. The summed E-state index contributed by atoms with van der Waals surface area (Å²) in [4.78, 5) is 10.9. The number of nitrogens with one attached hydrogen (secondary N) is 1. The summed E-state index contributed by atoms with van der Waals surface area (Å²) in [5.74, 6) is 0. The van der Waals surface area contributed by atoms with Crippen molar-refractivity contribution in [2.24, 2.45) is 0 Å². The number of rotatable bonds is 3. The summed E-state index contributed by atoms with van der Waals surface area (Å²) in [7, 11) is 0. The lowest BCUT2D eigenvalue weighted by Crippen LogP contribution is -2.09. The maximum atomic E-state index is 5.29. The predicted octanol–water partition coefficient (Wildman–Crippen LogP) is 4.77. The van der Waals surface area contributed by atoms with Crippen LogP contribution in [0.3, 0.4) is 0 Å². The zero-order chi connectivity index (χ0) is 17.0. The third kappa shape index (κ3) is 2.25. The Morgan fingerprint density at radius 2 is 2.12 bits per heavy atom. The van der Waals surface area contributed by atoms with Gasteiger partial charge in [-0.3, -0.25) is 9.50 Å². The molecule has 0 aliphatic heterocycles. The van der Waals surface area contributed by atoms with Crippen LogP contribution < -0.4 is 0 Å². The highest BCUT2D eigenvalue weighted by Crippen LogP contribution is 2.40. The molecular formula is C18H19N5S2. The van der Waals surface area contributed by atoms with E-state index < -0.39 is 0 Å². The molecule has 0 spiro atoms. The number of hydrogen-bond donors (Lipinski definition) is 1. The summed E-state index contributed by atoms with van der Waals surface area (Å²) in [6.45, 7) is 2.24. The van der Waals surface area contributed by atoms with Crippen LogP contribution in [0.15, 0.2) is 6.33 Å². The molecule has 7 heteroatoms. The van der Waals surface area contributed by atoms with E-state index in [1.165, 1.54) is 47.9 Å². The molecule has 0 bridgehead atoms. The number of aromatic nitrogens is 5. The predicted molar refractivity (Wildman–Crippen MR) is 104 cm³/mol. The van der Waals surface area contributed by atoms with Crippen LogP contribution in [0.4, 0.5) is 0 Å². The van der Waals surface area contributed by atoms with Crippen molar-refractivity contribution in [3.05, 3.63) is 27.9 Å². The number of fused-ring (bicyclic) bond motifs is 7. The first-order valence-corrected chi connectivity index (χ1v) is 10.2. The summed E-state index contributed by atoms with van der Waals surface area (Å²) in [5, 5.41) is 8.55. The molecule has 0 aromatic carbocycles. The van der Waals surface area contributed by atoms with Crippen molar-refractivity contribution < 1.29 is 0 Å². The van der Waals surface area contributed by atoms with Crippen LogP contribution >= 0.6 is 23.6 Å². The summed E-state index contributed by atoms with van der Waals surface area (Å²) in [5.41, 5.74) is 6.18. The summed E-state index contributed by atoms with van der Waals surface area (Å²) in [6.07, 6.45) is 10.1. The van der Waals surface area contributed by atoms with Gasteiger partial charge in [0.15, 0.2) is 5.65 Å². The van der Waals surface area contributed by atoms with Gasteiger partial charge in [0, 0.05) is 11.1 Å². The second kappa shape index (κ2) is 5.85. The van der Waals surface area contributed by atoms with Gasteiger partial charge in [0.25, 0.3) is 0 Å². The van der Waals surface area contributed by atoms with Gasteiger partial charge in [-0.15, -0.1) is 11.3 Å². The SMILES string of the molecule is CCCCc1nc2sc3c(ncn4c(=S)[nH]nc34)c2c2c1CCCC2. The van der Waals surface area contributed by atoms with Gasteiger partial charge in [-0.25, -0.2) is 9.97 Å². The van der Waals surface area contributed by atoms with Gasteiger partial charge in [0.2, 0.25) is 4.77 Å². The maximum absolute atomic E-state index is 5.29. The number of nitrogens with zero attached hydrogens (tertiary/aromatic N) is 4. The zero-order valence-electron chi connectivity index (χ0n) is 14.1. The maximum Gasteiger partial charge on any atom is 0.200 e. The Balaban J connectivity index is 1.88. The number of aryl methyl sites for hydroxylation is 2. The lowest BCUT2D eigenvalue weighted by atomic mass is 9.87. The third-order valence-electron chi connectivity index (χ3n) is 5.20. The first-order valence-electron chi connectivity index (χ1n) is 8.96. The number of aromatic amines is 1. The van der Waals surface area contributed by atoms with E-state index in [9.17, 15) is 0 Å². The Morgan fingerprint density at radius 1 is 1.28 bits per heavy atom. The van der Waals surface area contributed by atoms with Gasteiger partial charge in [-0.1, -0.05) is 13.3 Å². The fourth-order valence-corrected chi connectivity index (χ4v) is 5.30. The van der Waals surface area contributed by atoms with E-state index in [-0.39, 0.29) is 0 Å². The fourth-order valence-electron chi connectivity index (χ4n) is 3.96. The first-order chi connectivity index (χ1) is 12.3.